The molecule has 0 aromatic heterocycles. The molecule has 1 aliphatic heterocycles. The molecule has 1 fully saturated rings. The smallest absolute Gasteiger partial charge is 0.325 e. The molecule has 3 amide bonds. The molecule has 2 rings (SSSR count). The largest absolute Gasteiger partial charge is 0.494 e. The Bertz CT molecular complexity index is 592. The average molecular weight is 319 g/mol. The topological polar surface area (TPSA) is 84.7 Å². The summed E-state index contributed by atoms with van der Waals surface area (Å²) in [5.41, 5.74) is 5.06. The van der Waals surface area contributed by atoms with Crippen molar-refractivity contribution in [1.29, 1.82) is 0 Å². The molecule has 1 aromatic rings. The maximum absolute atomic E-state index is 12.6. The molecule has 1 unspecified atom stereocenters. The van der Waals surface area contributed by atoms with Crippen molar-refractivity contribution in [3.63, 3.8) is 0 Å². The second-order valence-electron chi connectivity index (χ2n) is 7.03. The number of rotatable bonds is 5. The Kier molecular flexibility index (Phi) is 4.54. The lowest BCUT2D eigenvalue weighted by molar-refractivity contribution is -0.134. The normalized spacial score (nSPS) is 21.5. The van der Waals surface area contributed by atoms with Crippen LogP contribution in [0, 0.1) is 5.41 Å². The molecule has 1 aromatic carbocycles. The van der Waals surface area contributed by atoms with Crippen molar-refractivity contribution in [3.8, 4) is 5.75 Å². The van der Waals surface area contributed by atoms with Crippen molar-refractivity contribution in [2.75, 3.05) is 18.9 Å². The summed E-state index contributed by atoms with van der Waals surface area (Å²) in [7, 11) is 0. The minimum atomic E-state index is -0.873. The number of nitrogens with zero attached hydrogens (tertiary/aromatic N) is 1. The van der Waals surface area contributed by atoms with Crippen LogP contribution in [0.3, 0.4) is 0 Å². The molecule has 126 valence electrons. The number of hydrogen-bond acceptors (Lipinski definition) is 4. The summed E-state index contributed by atoms with van der Waals surface area (Å²) in [5.74, 6) is 0.540. The van der Waals surface area contributed by atoms with Crippen LogP contribution in [-0.4, -0.2) is 35.5 Å². The first-order chi connectivity index (χ1) is 10.6. The van der Waals surface area contributed by atoms with Gasteiger partial charge in [-0.15, -0.1) is 0 Å². The van der Waals surface area contributed by atoms with Crippen LogP contribution in [0.4, 0.5) is 10.5 Å². The van der Waals surface area contributed by atoms with E-state index in [-0.39, 0.29) is 17.4 Å². The second kappa shape index (κ2) is 6.10. The number of anilines is 1. The van der Waals surface area contributed by atoms with E-state index >= 15 is 0 Å². The van der Waals surface area contributed by atoms with Crippen LogP contribution < -0.4 is 15.8 Å². The second-order valence-corrected chi connectivity index (χ2v) is 7.03. The number of benzene rings is 1. The van der Waals surface area contributed by atoms with Gasteiger partial charge in [0.1, 0.15) is 11.3 Å². The molecule has 1 saturated heterocycles. The van der Waals surface area contributed by atoms with Crippen LogP contribution in [0.25, 0.3) is 0 Å². The number of ether oxygens (including phenoxy) is 1. The zero-order chi connectivity index (χ0) is 17.3. The summed E-state index contributed by atoms with van der Waals surface area (Å²) in [4.78, 5) is 25.9. The van der Waals surface area contributed by atoms with Gasteiger partial charge in [0, 0.05) is 12.2 Å². The van der Waals surface area contributed by atoms with Crippen molar-refractivity contribution in [1.82, 2.24) is 10.2 Å². The summed E-state index contributed by atoms with van der Waals surface area (Å²) in [5, 5.41) is 2.82. The van der Waals surface area contributed by atoms with Crippen molar-refractivity contribution < 1.29 is 14.3 Å². The van der Waals surface area contributed by atoms with Gasteiger partial charge in [0.2, 0.25) is 0 Å². The highest BCUT2D eigenvalue weighted by Gasteiger charge is 2.54. The molecular weight excluding hydrogens is 294 g/mol. The standard InChI is InChI=1S/C17H25N3O3/c1-16(2,3)17(4)14(21)20(15(22)19-17)10-5-11-23-13-8-6-12(18)7-9-13/h6-9H,5,10-11,18H2,1-4H3,(H,19,22). The van der Waals surface area contributed by atoms with Gasteiger partial charge in [0.05, 0.1) is 6.61 Å². The zero-order valence-corrected chi connectivity index (χ0v) is 14.2. The number of nitrogens with two attached hydrogens (primary N) is 1. The Morgan fingerprint density at radius 2 is 1.83 bits per heavy atom. The Hall–Kier alpha value is -2.24. The van der Waals surface area contributed by atoms with Gasteiger partial charge >= 0.3 is 6.03 Å². The summed E-state index contributed by atoms with van der Waals surface area (Å²) >= 11 is 0. The van der Waals surface area contributed by atoms with Gasteiger partial charge in [0.15, 0.2) is 0 Å². The molecular formula is C17H25N3O3. The van der Waals surface area contributed by atoms with Crippen LogP contribution in [-0.2, 0) is 4.79 Å². The van der Waals surface area contributed by atoms with E-state index in [0.717, 1.165) is 5.75 Å². The number of urea groups is 1. The highest BCUT2D eigenvalue weighted by Crippen LogP contribution is 2.35. The number of nitrogens with one attached hydrogen (secondary N) is 1. The number of carbonyl (C=O) groups excluding carboxylic acids is 2. The van der Waals surface area contributed by atoms with E-state index in [2.05, 4.69) is 5.32 Å². The van der Waals surface area contributed by atoms with Crippen LogP contribution in [0.5, 0.6) is 5.75 Å². The van der Waals surface area contributed by atoms with Gasteiger partial charge in [-0.1, -0.05) is 20.8 Å². The van der Waals surface area contributed by atoms with E-state index in [1.54, 1.807) is 31.2 Å². The van der Waals surface area contributed by atoms with E-state index in [9.17, 15) is 9.59 Å². The van der Waals surface area contributed by atoms with Crippen LogP contribution in [0.1, 0.15) is 34.1 Å². The molecule has 3 N–H and O–H groups in total. The maximum atomic E-state index is 12.6. The Balaban J connectivity index is 1.87. The molecule has 23 heavy (non-hydrogen) atoms. The van der Waals surface area contributed by atoms with Gasteiger partial charge in [-0.3, -0.25) is 9.69 Å². The molecule has 1 atom stereocenters. The maximum Gasteiger partial charge on any atom is 0.325 e. The third-order valence-corrected chi connectivity index (χ3v) is 4.45. The van der Waals surface area contributed by atoms with E-state index in [0.29, 0.717) is 25.3 Å². The van der Waals surface area contributed by atoms with E-state index < -0.39 is 5.54 Å². The van der Waals surface area contributed by atoms with Gasteiger partial charge in [-0.05, 0) is 43.0 Å². The molecule has 0 spiro atoms. The molecule has 0 saturated carbocycles. The third kappa shape index (κ3) is 3.41. The van der Waals surface area contributed by atoms with Crippen LogP contribution >= 0.6 is 0 Å². The number of nitrogen functional groups attached to an aromatic ring is 1. The van der Waals surface area contributed by atoms with Crippen molar-refractivity contribution in [3.05, 3.63) is 24.3 Å². The molecule has 1 aliphatic rings. The lowest BCUT2D eigenvalue weighted by Gasteiger charge is -2.35. The first kappa shape index (κ1) is 17.1. The van der Waals surface area contributed by atoms with Crippen molar-refractivity contribution >= 4 is 17.6 Å². The van der Waals surface area contributed by atoms with E-state index in [4.69, 9.17) is 10.5 Å². The third-order valence-electron chi connectivity index (χ3n) is 4.45. The summed E-state index contributed by atoms with van der Waals surface area (Å²) in [6.45, 7) is 8.37. The summed E-state index contributed by atoms with van der Waals surface area (Å²) < 4.78 is 5.59. The van der Waals surface area contributed by atoms with Gasteiger partial charge < -0.3 is 15.8 Å². The number of amides is 3. The number of imide groups is 1. The average Bonchev–Trinajstić information content (AvgIpc) is 2.68. The van der Waals surface area contributed by atoms with Crippen molar-refractivity contribution in [2.24, 2.45) is 5.41 Å². The lowest BCUT2D eigenvalue weighted by atomic mass is 9.75. The number of hydrogen-bond donors (Lipinski definition) is 2. The van der Waals surface area contributed by atoms with E-state index in [1.165, 1.54) is 4.90 Å². The Morgan fingerprint density at radius 3 is 2.35 bits per heavy atom. The minimum absolute atomic E-state index is 0.178. The van der Waals surface area contributed by atoms with E-state index in [1.807, 2.05) is 20.8 Å². The molecule has 0 radical (unpaired) electrons. The predicted octanol–water partition coefficient (Wildman–Crippen LogP) is 2.39. The Labute approximate surface area is 137 Å². The summed E-state index contributed by atoms with van der Waals surface area (Å²) in [6, 6.07) is 6.78. The summed E-state index contributed by atoms with van der Waals surface area (Å²) in [6.07, 6.45) is 0.573. The fraction of sp³-hybridized carbons (Fsp3) is 0.529. The quantitative estimate of drug-likeness (QED) is 0.496. The minimum Gasteiger partial charge on any atom is -0.494 e. The van der Waals surface area contributed by atoms with Gasteiger partial charge in [-0.25, -0.2) is 4.79 Å². The van der Waals surface area contributed by atoms with Gasteiger partial charge in [0.25, 0.3) is 5.91 Å². The monoisotopic (exact) mass is 319 g/mol. The molecule has 1 heterocycles. The number of carbonyl (C=O) groups is 2. The van der Waals surface area contributed by atoms with Crippen molar-refractivity contribution in [2.45, 2.75) is 39.7 Å². The van der Waals surface area contributed by atoms with Crippen LogP contribution in [0.15, 0.2) is 24.3 Å². The Morgan fingerprint density at radius 1 is 1.22 bits per heavy atom. The van der Waals surface area contributed by atoms with Crippen LogP contribution in [0.2, 0.25) is 0 Å². The highest BCUT2D eigenvalue weighted by molar-refractivity contribution is 6.07. The first-order valence-electron chi connectivity index (χ1n) is 7.77. The molecule has 0 bridgehead atoms. The predicted molar refractivity (Wildman–Crippen MR) is 89.1 cm³/mol. The first-order valence-corrected chi connectivity index (χ1v) is 7.77. The van der Waals surface area contributed by atoms with Gasteiger partial charge in [-0.2, -0.15) is 0 Å². The molecule has 0 aliphatic carbocycles. The molecule has 6 nitrogen and oxygen atoms in total. The fourth-order valence-corrected chi connectivity index (χ4v) is 2.39. The fourth-order valence-electron chi connectivity index (χ4n) is 2.39. The SMILES string of the molecule is CC(C)(C)C1(C)NC(=O)N(CCCOc2ccc(N)cc2)C1=O. The highest BCUT2D eigenvalue weighted by atomic mass is 16.5. The molecule has 6 heteroatoms. The zero-order valence-electron chi connectivity index (χ0n) is 14.2. The lowest BCUT2D eigenvalue weighted by Crippen LogP contribution is -2.54.